The van der Waals surface area contributed by atoms with Crippen molar-refractivity contribution in [2.75, 3.05) is 58.3 Å². The first-order valence-corrected chi connectivity index (χ1v) is 11.1. The smallest absolute Gasteiger partial charge is 0.251 e. The van der Waals surface area contributed by atoms with E-state index < -0.39 is 0 Å². The number of carbonyl (C=O) groups is 1. The normalized spacial score (nSPS) is 18.5. The van der Waals surface area contributed by atoms with Crippen LogP contribution in [0.3, 0.4) is 0 Å². The van der Waals surface area contributed by atoms with E-state index in [-0.39, 0.29) is 11.9 Å². The summed E-state index contributed by atoms with van der Waals surface area (Å²) in [6, 6.07) is 14.6. The Bertz CT molecular complexity index is 862. The van der Waals surface area contributed by atoms with Crippen LogP contribution in [-0.4, -0.2) is 69.1 Å². The Kier molecular flexibility index (Phi) is 6.23. The number of nitrogens with one attached hydrogen (secondary N) is 1. The predicted octanol–water partition coefficient (Wildman–Crippen LogP) is 3.16. The molecule has 2 aliphatic rings. The number of hydrogen-bond donors (Lipinski definition) is 1. The van der Waals surface area contributed by atoms with Gasteiger partial charge in [0, 0.05) is 62.0 Å². The Balaban J connectivity index is 1.52. The lowest BCUT2D eigenvalue weighted by Crippen LogP contribution is -2.48. The minimum absolute atomic E-state index is 0.0162. The molecule has 4 rings (SSSR count). The van der Waals surface area contributed by atoms with Gasteiger partial charge in [0.25, 0.3) is 5.91 Å². The van der Waals surface area contributed by atoms with Crippen molar-refractivity contribution in [1.82, 2.24) is 15.1 Å². The van der Waals surface area contributed by atoms with E-state index in [1.807, 2.05) is 24.3 Å². The van der Waals surface area contributed by atoms with Crippen LogP contribution in [0.5, 0.6) is 0 Å². The molecular formula is C23H29BrN4O. The number of nitrogens with zero attached hydrogens (tertiary/aromatic N) is 3. The van der Waals surface area contributed by atoms with Crippen LogP contribution < -0.4 is 10.2 Å². The van der Waals surface area contributed by atoms with Crippen molar-refractivity contribution in [1.29, 1.82) is 0 Å². The first-order valence-electron chi connectivity index (χ1n) is 10.3. The Morgan fingerprint density at radius 3 is 2.48 bits per heavy atom. The Labute approximate surface area is 181 Å². The highest BCUT2D eigenvalue weighted by atomic mass is 79.9. The third kappa shape index (κ3) is 4.65. The van der Waals surface area contributed by atoms with Gasteiger partial charge in [-0.05, 0) is 54.9 Å². The largest absolute Gasteiger partial charge is 0.374 e. The fraction of sp³-hybridized carbons (Fsp3) is 0.435. The molecule has 6 heteroatoms. The van der Waals surface area contributed by atoms with Crippen molar-refractivity contribution in [3.05, 3.63) is 63.6 Å². The number of piperazine rings is 1. The molecule has 1 amide bonds. The summed E-state index contributed by atoms with van der Waals surface area (Å²) in [5, 5.41) is 3.18. The fourth-order valence-electron chi connectivity index (χ4n) is 4.28. The lowest BCUT2D eigenvalue weighted by Gasteiger charge is -2.38. The number of amides is 1. The maximum absolute atomic E-state index is 12.7. The predicted molar refractivity (Wildman–Crippen MR) is 122 cm³/mol. The molecule has 0 radical (unpaired) electrons. The van der Waals surface area contributed by atoms with E-state index >= 15 is 0 Å². The van der Waals surface area contributed by atoms with E-state index in [1.165, 1.54) is 16.8 Å². The van der Waals surface area contributed by atoms with Gasteiger partial charge in [-0.1, -0.05) is 28.1 Å². The highest BCUT2D eigenvalue weighted by Crippen LogP contribution is 2.31. The molecule has 0 saturated carbocycles. The Hall–Kier alpha value is -1.89. The molecule has 0 spiro atoms. The second-order valence-corrected chi connectivity index (χ2v) is 9.05. The quantitative estimate of drug-likeness (QED) is 0.749. The van der Waals surface area contributed by atoms with Gasteiger partial charge in [-0.2, -0.15) is 0 Å². The van der Waals surface area contributed by atoms with Gasteiger partial charge in [0.05, 0.1) is 6.04 Å². The SMILES string of the molecule is CN1CCN(C(CNC(=O)c2ccc(Br)cc2)c2ccc3c(c2)CCN3C)CC1. The summed E-state index contributed by atoms with van der Waals surface area (Å²) in [4.78, 5) is 19.9. The van der Waals surface area contributed by atoms with Crippen LogP contribution in [0.2, 0.25) is 0 Å². The molecule has 2 aromatic carbocycles. The monoisotopic (exact) mass is 456 g/mol. The molecule has 1 N–H and O–H groups in total. The van der Waals surface area contributed by atoms with Crippen LogP contribution in [0.25, 0.3) is 0 Å². The van der Waals surface area contributed by atoms with Crippen LogP contribution in [0.15, 0.2) is 46.9 Å². The third-order valence-corrected chi connectivity index (χ3v) is 6.69. The summed E-state index contributed by atoms with van der Waals surface area (Å²) < 4.78 is 0.979. The first kappa shape index (κ1) is 20.4. The van der Waals surface area contributed by atoms with E-state index in [9.17, 15) is 4.79 Å². The second kappa shape index (κ2) is 8.86. The van der Waals surface area contributed by atoms with E-state index in [0.717, 1.165) is 43.6 Å². The van der Waals surface area contributed by atoms with Gasteiger partial charge in [0.1, 0.15) is 0 Å². The highest BCUT2D eigenvalue weighted by Gasteiger charge is 2.26. The summed E-state index contributed by atoms with van der Waals surface area (Å²) in [7, 11) is 4.33. The zero-order valence-corrected chi connectivity index (χ0v) is 18.8. The minimum Gasteiger partial charge on any atom is -0.374 e. The molecule has 1 saturated heterocycles. The van der Waals surface area contributed by atoms with Crippen LogP contribution in [0, 0.1) is 0 Å². The standard InChI is InChI=1S/C23H29BrN4O/c1-26-11-13-28(14-12-26)22(16-25-23(29)17-3-6-20(24)7-4-17)18-5-8-21-19(15-18)9-10-27(21)2/h3-8,15,22H,9-14,16H2,1-2H3,(H,25,29). The molecule has 1 fully saturated rings. The van der Waals surface area contributed by atoms with Gasteiger partial charge in [-0.25, -0.2) is 0 Å². The third-order valence-electron chi connectivity index (χ3n) is 6.16. The molecule has 0 aliphatic carbocycles. The number of carbonyl (C=O) groups excluding carboxylic acids is 1. The average Bonchev–Trinajstić information content (AvgIpc) is 3.10. The van der Waals surface area contributed by atoms with Crippen molar-refractivity contribution >= 4 is 27.5 Å². The number of rotatable bonds is 5. The maximum atomic E-state index is 12.7. The minimum atomic E-state index is -0.0162. The lowest BCUT2D eigenvalue weighted by atomic mass is 10.00. The van der Waals surface area contributed by atoms with Gasteiger partial charge in [0.2, 0.25) is 0 Å². The van der Waals surface area contributed by atoms with Gasteiger partial charge < -0.3 is 15.1 Å². The summed E-state index contributed by atoms with van der Waals surface area (Å²) in [5.41, 5.74) is 4.76. The molecule has 2 aliphatic heterocycles. The topological polar surface area (TPSA) is 38.8 Å². The molecule has 5 nitrogen and oxygen atoms in total. The fourth-order valence-corrected chi connectivity index (χ4v) is 4.54. The number of fused-ring (bicyclic) bond motifs is 1. The van der Waals surface area contributed by atoms with Gasteiger partial charge >= 0.3 is 0 Å². The number of halogens is 1. The van der Waals surface area contributed by atoms with Crippen molar-refractivity contribution in [2.45, 2.75) is 12.5 Å². The molecule has 0 bridgehead atoms. The average molecular weight is 457 g/mol. The molecule has 1 unspecified atom stereocenters. The van der Waals surface area contributed by atoms with E-state index in [1.54, 1.807) is 0 Å². The Morgan fingerprint density at radius 2 is 1.76 bits per heavy atom. The van der Waals surface area contributed by atoms with E-state index in [0.29, 0.717) is 12.1 Å². The second-order valence-electron chi connectivity index (χ2n) is 8.13. The molecule has 154 valence electrons. The van der Waals surface area contributed by atoms with Crippen LogP contribution >= 0.6 is 15.9 Å². The number of benzene rings is 2. The van der Waals surface area contributed by atoms with Gasteiger partial charge in [-0.3, -0.25) is 9.69 Å². The van der Waals surface area contributed by atoms with Crippen LogP contribution in [0.4, 0.5) is 5.69 Å². The summed E-state index contributed by atoms with van der Waals surface area (Å²) in [6.45, 7) is 5.86. The van der Waals surface area contributed by atoms with Crippen molar-refractivity contribution in [2.24, 2.45) is 0 Å². The maximum Gasteiger partial charge on any atom is 0.251 e. The van der Waals surface area contributed by atoms with Crippen molar-refractivity contribution < 1.29 is 4.79 Å². The van der Waals surface area contributed by atoms with Crippen LogP contribution in [-0.2, 0) is 6.42 Å². The van der Waals surface area contributed by atoms with E-state index in [4.69, 9.17) is 0 Å². The zero-order chi connectivity index (χ0) is 20.4. The summed E-state index contributed by atoms with van der Waals surface area (Å²) in [6.07, 6.45) is 1.10. The number of likely N-dealkylation sites (N-methyl/N-ethyl adjacent to an activating group) is 2. The van der Waals surface area contributed by atoms with Gasteiger partial charge in [0.15, 0.2) is 0 Å². The number of hydrogen-bond acceptors (Lipinski definition) is 4. The Morgan fingerprint density at radius 1 is 1.03 bits per heavy atom. The molecule has 1 atom stereocenters. The number of anilines is 1. The molecule has 29 heavy (non-hydrogen) atoms. The van der Waals surface area contributed by atoms with Crippen LogP contribution in [0.1, 0.15) is 27.5 Å². The van der Waals surface area contributed by atoms with E-state index in [2.05, 4.69) is 68.2 Å². The van der Waals surface area contributed by atoms with Gasteiger partial charge in [-0.15, -0.1) is 0 Å². The lowest BCUT2D eigenvalue weighted by molar-refractivity contribution is 0.0886. The molecule has 2 heterocycles. The molecule has 2 aromatic rings. The van der Waals surface area contributed by atoms with Crippen molar-refractivity contribution in [3.63, 3.8) is 0 Å². The molecular weight excluding hydrogens is 428 g/mol. The molecule has 0 aromatic heterocycles. The highest BCUT2D eigenvalue weighted by molar-refractivity contribution is 9.10. The summed E-state index contributed by atoms with van der Waals surface area (Å²) >= 11 is 3.43. The summed E-state index contributed by atoms with van der Waals surface area (Å²) in [5.74, 6) is -0.0162. The van der Waals surface area contributed by atoms with Crippen molar-refractivity contribution in [3.8, 4) is 0 Å². The first-order chi connectivity index (χ1) is 14.0. The zero-order valence-electron chi connectivity index (χ0n) is 17.2.